The van der Waals surface area contributed by atoms with Crippen LogP contribution < -0.4 is 5.73 Å². The van der Waals surface area contributed by atoms with E-state index in [9.17, 15) is 0 Å². The zero-order valence-electron chi connectivity index (χ0n) is 9.51. The average Bonchev–Trinajstić information content (AvgIpc) is 2.97. The Morgan fingerprint density at radius 2 is 2.08 bits per heavy atom. The van der Waals surface area contributed by atoms with Gasteiger partial charge >= 0.3 is 0 Å². The molecule has 1 aliphatic rings. The number of nitrogens with zero attached hydrogens (tertiary/aromatic N) is 1. The maximum absolute atomic E-state index is 5.84. The number of likely N-dealkylation sites (N-methyl/N-ethyl adjacent to an activating group) is 1. The zero-order chi connectivity index (χ0) is 10.1. The Bertz CT molecular complexity index is 159. The van der Waals surface area contributed by atoms with Crippen molar-refractivity contribution in [1.82, 2.24) is 4.90 Å². The van der Waals surface area contributed by atoms with Crippen LogP contribution >= 0.6 is 0 Å². The third kappa shape index (κ3) is 2.23. The average molecular weight is 184 g/mol. The maximum atomic E-state index is 5.84. The molecule has 0 aromatic carbocycles. The Labute approximate surface area is 82.5 Å². The highest BCUT2D eigenvalue weighted by molar-refractivity contribution is 4.92. The highest BCUT2D eigenvalue weighted by atomic mass is 15.2. The van der Waals surface area contributed by atoms with Gasteiger partial charge in [0.2, 0.25) is 0 Å². The van der Waals surface area contributed by atoms with Crippen LogP contribution in [-0.2, 0) is 0 Å². The van der Waals surface area contributed by atoms with E-state index >= 15 is 0 Å². The van der Waals surface area contributed by atoms with Crippen molar-refractivity contribution in [2.24, 2.45) is 11.7 Å². The maximum Gasteiger partial charge on any atom is 0.0300 e. The molecule has 1 fully saturated rings. The van der Waals surface area contributed by atoms with Crippen molar-refractivity contribution in [1.29, 1.82) is 0 Å². The molecule has 2 N–H and O–H groups in total. The van der Waals surface area contributed by atoms with Crippen LogP contribution in [0.3, 0.4) is 0 Å². The second kappa shape index (κ2) is 3.97. The summed E-state index contributed by atoms with van der Waals surface area (Å²) in [5, 5.41) is 0. The predicted octanol–water partition coefficient (Wildman–Crippen LogP) is 1.84. The molecule has 0 heterocycles. The molecular formula is C11H24N2. The SMILES string of the molecule is CCC(C)(CN)N(C)C(C)C1CC1. The Kier molecular flexibility index (Phi) is 3.36. The third-order valence-electron chi connectivity index (χ3n) is 3.97. The van der Waals surface area contributed by atoms with Crippen LogP contribution in [0.1, 0.15) is 40.0 Å². The molecule has 0 spiro atoms. The minimum Gasteiger partial charge on any atom is -0.329 e. The molecule has 0 radical (unpaired) electrons. The molecule has 0 aromatic rings. The number of hydrogen-bond donors (Lipinski definition) is 1. The molecule has 2 heteroatoms. The van der Waals surface area contributed by atoms with Crippen molar-refractivity contribution in [2.45, 2.75) is 51.6 Å². The van der Waals surface area contributed by atoms with Crippen LogP contribution in [0.25, 0.3) is 0 Å². The number of hydrogen-bond acceptors (Lipinski definition) is 2. The predicted molar refractivity (Wildman–Crippen MR) is 57.7 cm³/mol. The van der Waals surface area contributed by atoms with E-state index in [4.69, 9.17) is 5.73 Å². The summed E-state index contributed by atoms with van der Waals surface area (Å²) in [6, 6.07) is 0.702. The molecule has 2 atom stereocenters. The Morgan fingerprint density at radius 3 is 2.38 bits per heavy atom. The molecule has 1 saturated carbocycles. The van der Waals surface area contributed by atoms with Crippen LogP contribution in [0.5, 0.6) is 0 Å². The quantitative estimate of drug-likeness (QED) is 0.706. The number of rotatable bonds is 5. The van der Waals surface area contributed by atoms with Crippen LogP contribution in [0.4, 0.5) is 0 Å². The van der Waals surface area contributed by atoms with Crippen molar-refractivity contribution in [3.05, 3.63) is 0 Å². The smallest absolute Gasteiger partial charge is 0.0300 e. The van der Waals surface area contributed by atoms with E-state index in [1.807, 2.05) is 0 Å². The molecule has 0 amide bonds. The van der Waals surface area contributed by atoms with E-state index in [1.54, 1.807) is 0 Å². The summed E-state index contributed by atoms with van der Waals surface area (Å²) in [7, 11) is 2.22. The molecule has 2 unspecified atom stereocenters. The minimum absolute atomic E-state index is 0.196. The van der Waals surface area contributed by atoms with Gasteiger partial charge < -0.3 is 5.73 Å². The number of nitrogens with two attached hydrogens (primary N) is 1. The highest BCUT2D eigenvalue weighted by Gasteiger charge is 2.36. The highest BCUT2D eigenvalue weighted by Crippen LogP contribution is 2.37. The second-order valence-corrected chi connectivity index (χ2v) is 4.74. The first kappa shape index (κ1) is 11.0. The molecular weight excluding hydrogens is 160 g/mol. The lowest BCUT2D eigenvalue weighted by Gasteiger charge is -2.41. The van der Waals surface area contributed by atoms with Crippen molar-refractivity contribution in [2.75, 3.05) is 13.6 Å². The van der Waals surface area contributed by atoms with Crippen LogP contribution in [0.2, 0.25) is 0 Å². The van der Waals surface area contributed by atoms with Gasteiger partial charge in [-0.15, -0.1) is 0 Å². The van der Waals surface area contributed by atoms with E-state index in [-0.39, 0.29) is 5.54 Å². The fourth-order valence-corrected chi connectivity index (χ4v) is 1.92. The van der Waals surface area contributed by atoms with Crippen molar-refractivity contribution in [3.8, 4) is 0 Å². The first-order chi connectivity index (χ1) is 6.05. The van der Waals surface area contributed by atoms with Gasteiger partial charge in [-0.3, -0.25) is 4.90 Å². The molecule has 78 valence electrons. The Hall–Kier alpha value is -0.0800. The van der Waals surface area contributed by atoms with Crippen molar-refractivity contribution >= 4 is 0 Å². The molecule has 13 heavy (non-hydrogen) atoms. The summed E-state index contributed by atoms with van der Waals surface area (Å²) >= 11 is 0. The Balaban J connectivity index is 2.56. The molecule has 0 aromatic heterocycles. The van der Waals surface area contributed by atoms with Gasteiger partial charge in [0.15, 0.2) is 0 Å². The second-order valence-electron chi connectivity index (χ2n) is 4.74. The first-order valence-corrected chi connectivity index (χ1v) is 5.48. The summed E-state index contributed by atoms with van der Waals surface area (Å²) in [6.07, 6.45) is 3.96. The Morgan fingerprint density at radius 1 is 1.54 bits per heavy atom. The lowest BCUT2D eigenvalue weighted by Crippen LogP contribution is -2.53. The van der Waals surface area contributed by atoms with Crippen LogP contribution in [0.15, 0.2) is 0 Å². The van der Waals surface area contributed by atoms with E-state index < -0.39 is 0 Å². The largest absolute Gasteiger partial charge is 0.329 e. The summed E-state index contributed by atoms with van der Waals surface area (Å²) in [4.78, 5) is 2.48. The van der Waals surface area contributed by atoms with Gasteiger partial charge in [-0.2, -0.15) is 0 Å². The van der Waals surface area contributed by atoms with Crippen molar-refractivity contribution < 1.29 is 0 Å². The van der Waals surface area contributed by atoms with Gasteiger partial charge in [0.05, 0.1) is 0 Å². The molecule has 0 saturated heterocycles. The van der Waals surface area contributed by atoms with Crippen LogP contribution in [-0.4, -0.2) is 30.1 Å². The topological polar surface area (TPSA) is 29.3 Å². The third-order valence-corrected chi connectivity index (χ3v) is 3.97. The lowest BCUT2D eigenvalue weighted by molar-refractivity contribution is 0.0856. The molecule has 0 bridgehead atoms. The fourth-order valence-electron chi connectivity index (χ4n) is 1.92. The van der Waals surface area contributed by atoms with Crippen molar-refractivity contribution in [3.63, 3.8) is 0 Å². The summed E-state index contributed by atoms with van der Waals surface area (Å²) in [5.74, 6) is 0.933. The molecule has 1 aliphatic carbocycles. The van der Waals surface area contributed by atoms with Gasteiger partial charge in [-0.1, -0.05) is 6.92 Å². The normalized spacial score (nSPS) is 24.5. The van der Waals surface area contributed by atoms with E-state index in [1.165, 1.54) is 12.8 Å². The van der Waals surface area contributed by atoms with Crippen LogP contribution in [0, 0.1) is 5.92 Å². The lowest BCUT2D eigenvalue weighted by atomic mass is 9.94. The zero-order valence-corrected chi connectivity index (χ0v) is 9.51. The van der Waals surface area contributed by atoms with Gasteiger partial charge in [-0.25, -0.2) is 0 Å². The van der Waals surface area contributed by atoms with Gasteiger partial charge in [0.25, 0.3) is 0 Å². The van der Waals surface area contributed by atoms with E-state index in [0.717, 1.165) is 18.9 Å². The summed E-state index contributed by atoms with van der Waals surface area (Å²) < 4.78 is 0. The van der Waals surface area contributed by atoms with E-state index in [2.05, 4.69) is 32.7 Å². The van der Waals surface area contributed by atoms with Gasteiger partial charge in [-0.05, 0) is 46.1 Å². The molecule has 2 nitrogen and oxygen atoms in total. The fraction of sp³-hybridized carbons (Fsp3) is 1.00. The summed E-state index contributed by atoms with van der Waals surface area (Å²) in [5.41, 5.74) is 6.03. The molecule has 1 rings (SSSR count). The minimum atomic E-state index is 0.196. The monoisotopic (exact) mass is 184 g/mol. The molecule has 0 aliphatic heterocycles. The standard InChI is InChI=1S/C11H24N2/c1-5-11(3,8-12)13(4)9(2)10-6-7-10/h9-10H,5-8,12H2,1-4H3. The first-order valence-electron chi connectivity index (χ1n) is 5.48. The summed E-state index contributed by atoms with van der Waals surface area (Å²) in [6.45, 7) is 7.59. The van der Waals surface area contributed by atoms with Gasteiger partial charge in [0, 0.05) is 18.1 Å². The van der Waals surface area contributed by atoms with Gasteiger partial charge in [0.1, 0.15) is 0 Å². The van der Waals surface area contributed by atoms with E-state index in [0.29, 0.717) is 6.04 Å².